The van der Waals surface area contributed by atoms with Crippen molar-refractivity contribution >= 4 is 11.9 Å². The van der Waals surface area contributed by atoms with Gasteiger partial charge in [-0.3, -0.25) is 4.79 Å². The van der Waals surface area contributed by atoms with Gasteiger partial charge < -0.3 is 15.3 Å². The molecule has 0 aromatic rings. The van der Waals surface area contributed by atoms with Gasteiger partial charge in [0, 0.05) is 5.57 Å². The van der Waals surface area contributed by atoms with Crippen LogP contribution in [0.4, 0.5) is 0 Å². The topological polar surface area (TPSA) is 94.8 Å². The molecule has 0 unspecified atom stereocenters. The van der Waals surface area contributed by atoms with Gasteiger partial charge >= 0.3 is 11.9 Å². The largest absolute Gasteiger partial charge is 0.481 e. The van der Waals surface area contributed by atoms with Crippen molar-refractivity contribution in [2.24, 2.45) is 0 Å². The van der Waals surface area contributed by atoms with Gasteiger partial charge in [-0.2, -0.15) is 0 Å². The van der Waals surface area contributed by atoms with Gasteiger partial charge in [0.2, 0.25) is 0 Å². The van der Waals surface area contributed by atoms with Crippen molar-refractivity contribution in [1.82, 2.24) is 0 Å². The summed E-state index contributed by atoms with van der Waals surface area (Å²) in [7, 11) is 0. The molecular weight excluding hydrogens is 260 g/mol. The second kappa shape index (κ2) is 15.2. The zero-order chi connectivity index (χ0) is 15.8. The van der Waals surface area contributed by atoms with Crippen LogP contribution in [0, 0.1) is 0 Å². The van der Waals surface area contributed by atoms with Crippen molar-refractivity contribution in [3.63, 3.8) is 0 Å². The Kier molecular flexibility index (Phi) is 15.5. The van der Waals surface area contributed by atoms with Gasteiger partial charge in [0.1, 0.15) is 0 Å². The molecule has 0 aromatic carbocycles. The van der Waals surface area contributed by atoms with Gasteiger partial charge in [0.25, 0.3) is 0 Å². The van der Waals surface area contributed by atoms with E-state index in [0.717, 1.165) is 6.42 Å². The van der Waals surface area contributed by atoms with Gasteiger partial charge in [-0.25, -0.2) is 4.79 Å². The van der Waals surface area contributed by atoms with E-state index in [2.05, 4.69) is 19.6 Å². The van der Waals surface area contributed by atoms with Crippen LogP contribution in [0.5, 0.6) is 0 Å². The normalized spacial score (nSPS) is 10.3. The Hall–Kier alpha value is -1.88. The van der Waals surface area contributed by atoms with Gasteiger partial charge in [-0.05, 0) is 12.8 Å². The van der Waals surface area contributed by atoms with E-state index in [0.29, 0.717) is 0 Å². The Morgan fingerprint density at radius 3 is 2.10 bits per heavy atom. The molecule has 5 heteroatoms. The molecule has 3 N–H and O–H groups in total. The number of aliphatic hydroxyl groups is 1. The monoisotopic (exact) mass is 284 g/mol. The fourth-order valence-corrected chi connectivity index (χ4v) is 1.08. The summed E-state index contributed by atoms with van der Waals surface area (Å²) in [5.74, 6) is -2.44. The van der Waals surface area contributed by atoms with Crippen LogP contribution in [0.2, 0.25) is 0 Å². The van der Waals surface area contributed by atoms with E-state index in [1.807, 2.05) is 12.2 Å². The molecule has 20 heavy (non-hydrogen) atoms. The van der Waals surface area contributed by atoms with Gasteiger partial charge in [-0.15, -0.1) is 0 Å². The third-order valence-corrected chi connectivity index (χ3v) is 2.13. The highest BCUT2D eigenvalue weighted by Crippen LogP contribution is 1.99. The van der Waals surface area contributed by atoms with Crippen LogP contribution >= 0.6 is 0 Å². The van der Waals surface area contributed by atoms with Crippen molar-refractivity contribution in [1.29, 1.82) is 0 Å². The molecule has 0 amide bonds. The zero-order valence-electron chi connectivity index (χ0n) is 11.9. The minimum atomic E-state index is -1.27. The van der Waals surface area contributed by atoms with Gasteiger partial charge in [0.15, 0.2) is 0 Å². The number of carboxylic acids is 2. The maximum atomic E-state index is 9.87. The highest BCUT2D eigenvalue weighted by molar-refractivity contribution is 5.91. The minimum absolute atomic E-state index is 0.138. The number of aliphatic carboxylic acids is 2. The predicted octanol–water partition coefficient (Wildman–Crippen LogP) is 2.77. The lowest BCUT2D eigenvalue weighted by atomic mass is 10.2. The van der Waals surface area contributed by atoms with E-state index in [-0.39, 0.29) is 12.2 Å². The summed E-state index contributed by atoms with van der Waals surface area (Å²) >= 11 is 0. The number of hydrogen-bond acceptors (Lipinski definition) is 3. The Bertz CT molecular complexity index is 342. The van der Waals surface area contributed by atoms with Crippen molar-refractivity contribution in [2.45, 2.75) is 39.0 Å². The van der Waals surface area contributed by atoms with E-state index >= 15 is 0 Å². The summed E-state index contributed by atoms with van der Waals surface area (Å²) in [6.45, 7) is 5.36. The minimum Gasteiger partial charge on any atom is -0.481 e. The van der Waals surface area contributed by atoms with E-state index in [1.54, 1.807) is 6.08 Å². The third-order valence-electron chi connectivity index (χ3n) is 2.13. The first-order valence-electron chi connectivity index (χ1n) is 6.51. The molecule has 0 aliphatic rings. The molecule has 0 fully saturated rings. The molecular formula is C15H24O5. The molecule has 0 aliphatic heterocycles. The lowest BCUT2D eigenvalue weighted by molar-refractivity contribution is -0.139. The molecule has 114 valence electrons. The highest BCUT2D eigenvalue weighted by atomic mass is 16.4. The fraction of sp³-hybridized carbons (Fsp3) is 0.467. The number of aliphatic hydroxyl groups excluding tert-OH is 1. The highest BCUT2D eigenvalue weighted by Gasteiger charge is 2.07. The number of rotatable bonds is 9. The third kappa shape index (κ3) is 18.5. The molecule has 0 bridgehead atoms. The molecule has 0 heterocycles. The van der Waals surface area contributed by atoms with Crippen LogP contribution in [-0.4, -0.2) is 33.9 Å². The van der Waals surface area contributed by atoms with Gasteiger partial charge in [0.05, 0.1) is 13.0 Å². The molecule has 5 nitrogen and oxygen atoms in total. The SMILES string of the molecule is C=C(CC(=O)O)C(=O)O.CCCCCC=CC=CCO. The second-order valence-corrected chi connectivity index (χ2v) is 4.01. The quantitative estimate of drug-likeness (QED) is 0.344. The number of carbonyl (C=O) groups is 2. The van der Waals surface area contributed by atoms with Crippen LogP contribution in [0.3, 0.4) is 0 Å². The molecule has 0 atom stereocenters. The van der Waals surface area contributed by atoms with Crippen molar-refractivity contribution < 1.29 is 24.9 Å². The summed E-state index contributed by atoms with van der Waals surface area (Å²) in [5.41, 5.74) is -0.303. The van der Waals surface area contributed by atoms with Crippen LogP contribution in [0.15, 0.2) is 36.5 Å². The predicted molar refractivity (Wildman–Crippen MR) is 78.5 cm³/mol. The van der Waals surface area contributed by atoms with Crippen LogP contribution < -0.4 is 0 Å². The first-order valence-corrected chi connectivity index (χ1v) is 6.51. The fourth-order valence-electron chi connectivity index (χ4n) is 1.08. The molecule has 0 aliphatic carbocycles. The lowest BCUT2D eigenvalue weighted by Gasteiger charge is -1.91. The van der Waals surface area contributed by atoms with Crippen molar-refractivity contribution in [2.75, 3.05) is 6.61 Å². The summed E-state index contributed by atoms with van der Waals surface area (Å²) in [4.78, 5) is 19.7. The van der Waals surface area contributed by atoms with Gasteiger partial charge in [-0.1, -0.05) is 50.6 Å². The maximum Gasteiger partial charge on any atom is 0.331 e. The Morgan fingerprint density at radius 1 is 1.10 bits per heavy atom. The molecule has 0 spiro atoms. The van der Waals surface area contributed by atoms with Crippen molar-refractivity contribution in [3.8, 4) is 0 Å². The molecule has 0 saturated carbocycles. The number of carboxylic acid groups (broad SMARTS) is 2. The lowest BCUT2D eigenvalue weighted by Crippen LogP contribution is -2.04. The van der Waals surface area contributed by atoms with Crippen molar-refractivity contribution in [3.05, 3.63) is 36.5 Å². The number of unbranched alkanes of at least 4 members (excludes halogenated alkanes) is 3. The summed E-state index contributed by atoms with van der Waals surface area (Å²) < 4.78 is 0. The van der Waals surface area contributed by atoms with Crippen LogP contribution in [0.25, 0.3) is 0 Å². The molecule has 0 radical (unpaired) electrons. The first kappa shape index (κ1) is 20.4. The standard InChI is InChI=1S/C10H18O.C5H6O4/c1-2-3-4-5-6-7-8-9-10-11;1-3(5(8)9)2-4(6)7/h6-9,11H,2-5,10H2,1H3;1-2H2,(H,6,7)(H,8,9). The van der Waals surface area contributed by atoms with E-state index in [1.165, 1.54) is 19.3 Å². The molecule has 0 aromatic heterocycles. The summed E-state index contributed by atoms with van der Waals surface area (Å²) in [6, 6.07) is 0. The van der Waals surface area contributed by atoms with Crippen LogP contribution in [-0.2, 0) is 9.59 Å². The zero-order valence-corrected chi connectivity index (χ0v) is 11.9. The molecule has 0 saturated heterocycles. The average Bonchev–Trinajstić information content (AvgIpc) is 2.38. The average molecular weight is 284 g/mol. The second-order valence-electron chi connectivity index (χ2n) is 4.01. The maximum absolute atomic E-state index is 9.87. The Morgan fingerprint density at radius 2 is 1.70 bits per heavy atom. The smallest absolute Gasteiger partial charge is 0.331 e. The Balaban J connectivity index is 0. The molecule has 0 rings (SSSR count). The number of hydrogen-bond donors (Lipinski definition) is 3. The first-order chi connectivity index (χ1) is 9.45. The summed E-state index contributed by atoms with van der Waals surface area (Å²) in [6.07, 6.45) is 12.3. The summed E-state index contributed by atoms with van der Waals surface area (Å²) in [5, 5.41) is 24.5. The van der Waals surface area contributed by atoms with E-state index in [9.17, 15) is 9.59 Å². The Labute approximate surface area is 119 Å². The van der Waals surface area contributed by atoms with E-state index < -0.39 is 18.4 Å². The van der Waals surface area contributed by atoms with E-state index in [4.69, 9.17) is 15.3 Å². The van der Waals surface area contributed by atoms with Crippen LogP contribution in [0.1, 0.15) is 39.0 Å². The number of allylic oxidation sites excluding steroid dienone is 3.